The zero-order valence-electron chi connectivity index (χ0n) is 13.6. The minimum absolute atomic E-state index is 0.0220. The molecule has 0 saturated carbocycles. The van der Waals surface area contributed by atoms with Gasteiger partial charge in [0.2, 0.25) is 0 Å². The quantitative estimate of drug-likeness (QED) is 0.791. The van der Waals surface area contributed by atoms with Gasteiger partial charge in [-0.25, -0.2) is 16.8 Å². The van der Waals surface area contributed by atoms with Crippen LogP contribution in [0.3, 0.4) is 0 Å². The van der Waals surface area contributed by atoms with Crippen LogP contribution in [0.25, 0.3) is 0 Å². The lowest BCUT2D eigenvalue weighted by Crippen LogP contribution is -2.41. The highest BCUT2D eigenvalue weighted by Crippen LogP contribution is 2.23. The van der Waals surface area contributed by atoms with Crippen molar-refractivity contribution in [1.82, 2.24) is 9.66 Å². The van der Waals surface area contributed by atoms with Crippen LogP contribution in [0.2, 0.25) is 0 Å². The van der Waals surface area contributed by atoms with E-state index in [9.17, 15) is 16.8 Å². The molecule has 0 bridgehead atoms. The molecule has 2 aromatic rings. The largest absolute Gasteiger partial charge is 0.254 e. The first kappa shape index (κ1) is 18.6. The predicted octanol–water partition coefficient (Wildman–Crippen LogP) is 2.16. The maximum absolute atomic E-state index is 12.2. The average molecular weight is 368 g/mol. The van der Waals surface area contributed by atoms with Gasteiger partial charge in [0, 0.05) is 0 Å². The summed E-state index contributed by atoms with van der Waals surface area (Å²) in [5, 5.41) is 0. The first-order chi connectivity index (χ1) is 11.0. The van der Waals surface area contributed by atoms with Gasteiger partial charge in [-0.15, -0.1) is 9.66 Å². The smallest absolute Gasteiger partial charge is 0.206 e. The number of nitrogens with one attached hydrogen (secondary N) is 2. The van der Waals surface area contributed by atoms with Crippen LogP contribution in [0.5, 0.6) is 0 Å². The van der Waals surface area contributed by atoms with Gasteiger partial charge in [-0.2, -0.15) is 0 Å². The van der Waals surface area contributed by atoms with Crippen molar-refractivity contribution in [2.45, 2.75) is 36.0 Å². The van der Waals surface area contributed by atoms with Gasteiger partial charge in [-0.1, -0.05) is 51.1 Å². The number of benzene rings is 2. The van der Waals surface area contributed by atoms with E-state index in [2.05, 4.69) is 0 Å². The van der Waals surface area contributed by atoms with Gasteiger partial charge in [0.25, 0.3) is 20.0 Å². The van der Waals surface area contributed by atoms with Crippen molar-refractivity contribution in [2.75, 3.05) is 0 Å². The molecule has 0 heterocycles. The fraction of sp³-hybridized carbons (Fsp3) is 0.250. The molecule has 0 saturated heterocycles. The molecule has 0 radical (unpaired) electrons. The molecule has 8 heteroatoms. The number of hydrogen-bond donors (Lipinski definition) is 2. The summed E-state index contributed by atoms with van der Waals surface area (Å²) in [6.45, 7) is 6.05. The molecule has 0 aliphatic rings. The lowest BCUT2D eigenvalue weighted by atomic mass is 9.87. The maximum Gasteiger partial charge on any atom is 0.254 e. The summed E-state index contributed by atoms with van der Waals surface area (Å²) in [6, 6.07) is 13.8. The summed E-state index contributed by atoms with van der Waals surface area (Å²) >= 11 is 0. The second kappa shape index (κ2) is 6.64. The molecule has 2 N–H and O–H groups in total. The number of hydrogen-bond acceptors (Lipinski definition) is 4. The highest BCUT2D eigenvalue weighted by molar-refractivity contribution is 7.92. The van der Waals surface area contributed by atoms with Crippen LogP contribution in [0, 0.1) is 0 Å². The minimum atomic E-state index is -4.00. The van der Waals surface area contributed by atoms with Gasteiger partial charge < -0.3 is 0 Å². The number of sulfonamides is 2. The second-order valence-electron chi connectivity index (χ2n) is 6.30. The predicted molar refractivity (Wildman–Crippen MR) is 92.2 cm³/mol. The van der Waals surface area contributed by atoms with Crippen molar-refractivity contribution >= 4 is 20.0 Å². The highest BCUT2D eigenvalue weighted by Gasteiger charge is 2.20. The minimum Gasteiger partial charge on any atom is -0.206 e. The fourth-order valence-electron chi connectivity index (χ4n) is 1.96. The maximum atomic E-state index is 12.2. The van der Waals surface area contributed by atoms with Gasteiger partial charge in [-0.3, -0.25) is 0 Å². The Balaban J connectivity index is 2.17. The third-order valence-corrected chi connectivity index (χ3v) is 6.05. The Bertz CT molecular complexity index is 899. The third kappa shape index (κ3) is 4.41. The van der Waals surface area contributed by atoms with Crippen molar-refractivity contribution < 1.29 is 16.8 Å². The first-order valence-corrected chi connectivity index (χ1v) is 10.2. The van der Waals surface area contributed by atoms with Crippen LogP contribution in [-0.2, 0) is 25.5 Å². The van der Waals surface area contributed by atoms with Crippen LogP contribution in [0.4, 0.5) is 0 Å². The van der Waals surface area contributed by atoms with Crippen LogP contribution in [0.15, 0.2) is 64.4 Å². The lowest BCUT2D eigenvalue weighted by molar-refractivity contribution is 0.557. The molecule has 0 unspecified atom stereocenters. The average Bonchev–Trinajstić information content (AvgIpc) is 2.53. The molecule has 0 fully saturated rings. The van der Waals surface area contributed by atoms with Gasteiger partial charge in [0.1, 0.15) is 0 Å². The summed E-state index contributed by atoms with van der Waals surface area (Å²) < 4.78 is 48.6. The summed E-state index contributed by atoms with van der Waals surface area (Å²) in [6.07, 6.45) is 0. The second-order valence-corrected chi connectivity index (χ2v) is 9.66. The van der Waals surface area contributed by atoms with E-state index in [1.807, 2.05) is 30.4 Å². The van der Waals surface area contributed by atoms with Crippen molar-refractivity contribution in [3.05, 3.63) is 60.2 Å². The van der Waals surface area contributed by atoms with Crippen LogP contribution in [0.1, 0.15) is 26.3 Å². The van der Waals surface area contributed by atoms with Gasteiger partial charge in [-0.05, 0) is 35.2 Å². The third-order valence-electron chi connectivity index (χ3n) is 3.39. The lowest BCUT2D eigenvalue weighted by Gasteiger charge is -2.19. The van der Waals surface area contributed by atoms with E-state index in [0.717, 1.165) is 5.56 Å². The van der Waals surface area contributed by atoms with Crippen molar-refractivity contribution in [3.63, 3.8) is 0 Å². The Morgan fingerprint density at radius 3 is 1.50 bits per heavy atom. The Hall–Kier alpha value is -1.74. The molecule has 0 aliphatic carbocycles. The summed E-state index contributed by atoms with van der Waals surface area (Å²) in [5.74, 6) is 0. The van der Waals surface area contributed by atoms with E-state index in [1.54, 1.807) is 30.3 Å². The van der Waals surface area contributed by atoms with E-state index in [4.69, 9.17) is 0 Å². The fourth-order valence-corrected chi connectivity index (χ4v) is 4.08. The van der Waals surface area contributed by atoms with E-state index in [0.29, 0.717) is 0 Å². The molecule has 0 spiro atoms. The zero-order chi connectivity index (χ0) is 18.0. The molecule has 0 aromatic heterocycles. The molecule has 0 aliphatic heterocycles. The Morgan fingerprint density at radius 2 is 1.08 bits per heavy atom. The molecule has 130 valence electrons. The zero-order valence-corrected chi connectivity index (χ0v) is 15.3. The molecular formula is C16H20N2O4S2. The summed E-state index contributed by atoms with van der Waals surface area (Å²) in [4.78, 5) is 3.75. The number of rotatable bonds is 5. The summed E-state index contributed by atoms with van der Waals surface area (Å²) in [7, 11) is -7.98. The van der Waals surface area contributed by atoms with E-state index in [-0.39, 0.29) is 15.2 Å². The topological polar surface area (TPSA) is 92.3 Å². The van der Waals surface area contributed by atoms with Gasteiger partial charge in [0.15, 0.2) is 0 Å². The van der Waals surface area contributed by atoms with Crippen LogP contribution < -0.4 is 9.66 Å². The van der Waals surface area contributed by atoms with Crippen molar-refractivity contribution in [1.29, 1.82) is 0 Å². The summed E-state index contributed by atoms with van der Waals surface area (Å²) in [5.41, 5.74) is 0.872. The van der Waals surface area contributed by atoms with Gasteiger partial charge in [0.05, 0.1) is 9.79 Å². The molecule has 24 heavy (non-hydrogen) atoms. The SMILES string of the molecule is CC(C)(C)c1ccc(S(=O)(=O)NNS(=O)(=O)c2ccccc2)cc1. The monoisotopic (exact) mass is 368 g/mol. The molecule has 6 nitrogen and oxygen atoms in total. The Morgan fingerprint density at radius 1 is 0.667 bits per heavy atom. The molecule has 2 rings (SSSR count). The highest BCUT2D eigenvalue weighted by atomic mass is 32.2. The Kier molecular flexibility index (Phi) is 5.14. The van der Waals surface area contributed by atoms with E-state index >= 15 is 0 Å². The van der Waals surface area contributed by atoms with E-state index < -0.39 is 20.0 Å². The first-order valence-electron chi connectivity index (χ1n) is 7.22. The molecule has 2 aromatic carbocycles. The van der Waals surface area contributed by atoms with Gasteiger partial charge >= 0.3 is 0 Å². The normalized spacial score (nSPS) is 13.0. The molecule has 0 amide bonds. The van der Waals surface area contributed by atoms with Crippen LogP contribution >= 0.6 is 0 Å². The molecule has 0 atom stereocenters. The van der Waals surface area contributed by atoms with Crippen LogP contribution in [-0.4, -0.2) is 16.8 Å². The van der Waals surface area contributed by atoms with Crippen molar-refractivity contribution in [2.24, 2.45) is 0 Å². The molecular weight excluding hydrogens is 348 g/mol. The number of hydrazine groups is 1. The van der Waals surface area contributed by atoms with E-state index in [1.165, 1.54) is 24.3 Å². The Labute approximate surface area is 143 Å². The standard InChI is InChI=1S/C16H20N2O4S2/c1-16(2,3)13-9-11-15(12-10-13)24(21,22)18-17-23(19,20)14-7-5-4-6-8-14/h4-12,17-18H,1-3H3. The van der Waals surface area contributed by atoms with Crippen molar-refractivity contribution in [3.8, 4) is 0 Å².